The number of carbonyl (C=O) groups is 1. The Morgan fingerprint density at radius 2 is 1.50 bits per heavy atom. The standard InChI is InChI=1S/C6H5Br.C2H4O.C2H6/c7-6-4-2-1-3-5-6;1-2-3;1-2/h1-5H;2H,1H3;1-2H3. The highest BCUT2D eigenvalue weighted by Crippen LogP contribution is 2.05. The van der Waals surface area contributed by atoms with Crippen LogP contribution in [0, 0.1) is 0 Å². The molecule has 0 radical (unpaired) electrons. The highest BCUT2D eigenvalue weighted by Gasteiger charge is 1.74. The van der Waals surface area contributed by atoms with Crippen LogP contribution in [-0.4, -0.2) is 6.29 Å². The lowest BCUT2D eigenvalue weighted by Crippen LogP contribution is -1.55. The molecule has 0 amide bonds. The molecule has 0 atom stereocenters. The summed E-state index contributed by atoms with van der Waals surface area (Å²) >= 11 is 3.31. The van der Waals surface area contributed by atoms with E-state index in [1.54, 1.807) is 0 Å². The van der Waals surface area contributed by atoms with Crippen LogP contribution in [0.25, 0.3) is 0 Å². The number of carbonyl (C=O) groups excluding carboxylic acids is 1. The zero-order valence-electron chi connectivity index (χ0n) is 7.75. The summed E-state index contributed by atoms with van der Waals surface area (Å²) in [5.74, 6) is 0. The Bertz CT molecular complexity index is 172. The molecule has 0 fully saturated rings. The van der Waals surface area contributed by atoms with Gasteiger partial charge in [-0.05, 0) is 19.1 Å². The molecular weight excluding hydrogens is 216 g/mol. The largest absolute Gasteiger partial charge is 0.304 e. The van der Waals surface area contributed by atoms with E-state index in [0.717, 1.165) is 10.8 Å². The Morgan fingerprint density at radius 1 is 1.17 bits per heavy atom. The Balaban J connectivity index is 0. The van der Waals surface area contributed by atoms with Crippen LogP contribution in [0.4, 0.5) is 0 Å². The highest BCUT2D eigenvalue weighted by atomic mass is 79.9. The van der Waals surface area contributed by atoms with E-state index in [1.165, 1.54) is 6.92 Å². The van der Waals surface area contributed by atoms with Crippen molar-refractivity contribution in [2.24, 2.45) is 0 Å². The second-order valence-corrected chi connectivity index (χ2v) is 2.45. The number of halogens is 1. The first-order valence-electron chi connectivity index (χ1n) is 3.91. The average molecular weight is 231 g/mol. The molecule has 1 rings (SSSR count). The molecular formula is C10H15BrO. The maximum Gasteiger partial charge on any atom is 0.116 e. The van der Waals surface area contributed by atoms with E-state index >= 15 is 0 Å². The van der Waals surface area contributed by atoms with E-state index in [9.17, 15) is 0 Å². The van der Waals surface area contributed by atoms with Crippen molar-refractivity contribution in [2.45, 2.75) is 20.8 Å². The Kier molecular flexibility index (Phi) is 15.1. The van der Waals surface area contributed by atoms with Crippen LogP contribution in [0.2, 0.25) is 0 Å². The van der Waals surface area contributed by atoms with Crippen molar-refractivity contribution >= 4 is 22.2 Å². The molecule has 0 saturated carbocycles. The monoisotopic (exact) mass is 230 g/mol. The fourth-order valence-corrected chi connectivity index (χ4v) is 0.720. The van der Waals surface area contributed by atoms with Gasteiger partial charge in [-0.15, -0.1) is 0 Å². The third-order valence-electron chi connectivity index (χ3n) is 0.733. The third-order valence-corrected chi connectivity index (χ3v) is 1.26. The summed E-state index contributed by atoms with van der Waals surface area (Å²) in [5, 5.41) is 0. The molecule has 0 N–H and O–H groups in total. The number of benzene rings is 1. The summed E-state index contributed by atoms with van der Waals surface area (Å²) in [6, 6.07) is 9.97. The van der Waals surface area contributed by atoms with E-state index in [0.29, 0.717) is 0 Å². The minimum atomic E-state index is 0.750. The second-order valence-electron chi connectivity index (χ2n) is 1.53. The first kappa shape index (κ1) is 13.9. The Hall–Kier alpha value is -0.630. The number of rotatable bonds is 0. The van der Waals surface area contributed by atoms with E-state index in [1.807, 2.05) is 44.2 Å². The third kappa shape index (κ3) is 12.1. The predicted molar refractivity (Wildman–Crippen MR) is 57.2 cm³/mol. The van der Waals surface area contributed by atoms with Crippen LogP contribution in [0.1, 0.15) is 20.8 Å². The Labute approximate surface area is 82.9 Å². The number of hydrogen-bond acceptors (Lipinski definition) is 1. The Morgan fingerprint density at radius 3 is 1.67 bits per heavy atom. The SMILES string of the molecule is Brc1ccccc1.CC.CC=O. The van der Waals surface area contributed by atoms with E-state index < -0.39 is 0 Å². The molecule has 0 saturated heterocycles. The van der Waals surface area contributed by atoms with Crippen LogP contribution in [0.3, 0.4) is 0 Å². The van der Waals surface area contributed by atoms with E-state index in [4.69, 9.17) is 4.79 Å². The lowest BCUT2D eigenvalue weighted by molar-refractivity contribution is -0.106. The summed E-state index contributed by atoms with van der Waals surface area (Å²) in [7, 11) is 0. The molecule has 1 aromatic rings. The van der Waals surface area contributed by atoms with Gasteiger partial charge in [-0.3, -0.25) is 0 Å². The average Bonchev–Trinajstić information content (AvgIpc) is 2.11. The van der Waals surface area contributed by atoms with Crippen LogP contribution < -0.4 is 0 Å². The van der Waals surface area contributed by atoms with Gasteiger partial charge in [0.1, 0.15) is 6.29 Å². The smallest absolute Gasteiger partial charge is 0.116 e. The van der Waals surface area contributed by atoms with E-state index in [2.05, 4.69) is 15.9 Å². The predicted octanol–water partition coefficient (Wildman–Crippen LogP) is 3.68. The van der Waals surface area contributed by atoms with Gasteiger partial charge >= 0.3 is 0 Å². The van der Waals surface area contributed by atoms with Gasteiger partial charge in [0, 0.05) is 4.47 Å². The molecule has 0 aromatic heterocycles. The van der Waals surface area contributed by atoms with Crippen molar-refractivity contribution < 1.29 is 4.79 Å². The maximum atomic E-state index is 8.81. The van der Waals surface area contributed by atoms with Crippen molar-refractivity contribution in [1.29, 1.82) is 0 Å². The van der Waals surface area contributed by atoms with Crippen LogP contribution in [-0.2, 0) is 4.79 Å². The van der Waals surface area contributed by atoms with Crippen molar-refractivity contribution in [3.8, 4) is 0 Å². The van der Waals surface area contributed by atoms with Crippen molar-refractivity contribution in [3.05, 3.63) is 34.8 Å². The molecule has 2 heteroatoms. The van der Waals surface area contributed by atoms with Gasteiger partial charge in [0.25, 0.3) is 0 Å². The fraction of sp³-hybridized carbons (Fsp3) is 0.300. The highest BCUT2D eigenvalue weighted by molar-refractivity contribution is 9.10. The molecule has 0 aliphatic rings. The lowest BCUT2D eigenvalue weighted by Gasteiger charge is -1.80. The van der Waals surface area contributed by atoms with Gasteiger partial charge in [-0.1, -0.05) is 48.0 Å². The normalized spacial score (nSPS) is 6.67. The summed E-state index contributed by atoms with van der Waals surface area (Å²) < 4.78 is 1.13. The first-order valence-corrected chi connectivity index (χ1v) is 4.71. The van der Waals surface area contributed by atoms with Crippen molar-refractivity contribution in [2.75, 3.05) is 0 Å². The van der Waals surface area contributed by atoms with E-state index in [-0.39, 0.29) is 0 Å². The summed E-state index contributed by atoms with van der Waals surface area (Å²) in [6.45, 7) is 5.44. The molecule has 0 spiro atoms. The molecule has 0 aliphatic carbocycles. The lowest BCUT2D eigenvalue weighted by atomic mass is 10.4. The summed E-state index contributed by atoms with van der Waals surface area (Å²) in [5.41, 5.74) is 0. The summed E-state index contributed by atoms with van der Waals surface area (Å²) in [4.78, 5) is 8.81. The van der Waals surface area contributed by atoms with Gasteiger partial charge in [0.05, 0.1) is 0 Å². The van der Waals surface area contributed by atoms with Crippen LogP contribution in [0.15, 0.2) is 34.8 Å². The maximum absolute atomic E-state index is 8.81. The number of hydrogen-bond donors (Lipinski definition) is 0. The minimum Gasteiger partial charge on any atom is -0.304 e. The van der Waals surface area contributed by atoms with Crippen molar-refractivity contribution in [3.63, 3.8) is 0 Å². The zero-order valence-corrected chi connectivity index (χ0v) is 9.34. The molecule has 0 bridgehead atoms. The van der Waals surface area contributed by atoms with Gasteiger partial charge in [0.2, 0.25) is 0 Å². The molecule has 68 valence electrons. The van der Waals surface area contributed by atoms with Crippen molar-refractivity contribution in [1.82, 2.24) is 0 Å². The van der Waals surface area contributed by atoms with Gasteiger partial charge in [0.15, 0.2) is 0 Å². The molecule has 0 heterocycles. The molecule has 12 heavy (non-hydrogen) atoms. The minimum absolute atomic E-state index is 0.750. The van der Waals surface area contributed by atoms with Gasteiger partial charge in [-0.25, -0.2) is 0 Å². The van der Waals surface area contributed by atoms with Crippen LogP contribution in [0.5, 0.6) is 0 Å². The first-order chi connectivity index (χ1) is 5.81. The zero-order chi connectivity index (χ0) is 9.82. The fourth-order valence-electron chi connectivity index (χ4n) is 0.415. The molecule has 0 unspecified atom stereocenters. The van der Waals surface area contributed by atoms with Crippen LogP contribution >= 0.6 is 15.9 Å². The molecule has 1 aromatic carbocycles. The summed E-state index contributed by atoms with van der Waals surface area (Å²) in [6.07, 6.45) is 0.750. The topological polar surface area (TPSA) is 17.1 Å². The van der Waals surface area contributed by atoms with Gasteiger partial charge in [-0.2, -0.15) is 0 Å². The second kappa shape index (κ2) is 13.0. The molecule has 0 aliphatic heterocycles. The quantitative estimate of drug-likeness (QED) is 0.622. The molecule has 1 nitrogen and oxygen atoms in total. The number of aldehydes is 1. The van der Waals surface area contributed by atoms with Gasteiger partial charge < -0.3 is 4.79 Å².